The minimum atomic E-state index is -0.715. The summed E-state index contributed by atoms with van der Waals surface area (Å²) in [4.78, 5) is 72.0. The van der Waals surface area contributed by atoms with Crippen LogP contribution >= 0.6 is 0 Å². The summed E-state index contributed by atoms with van der Waals surface area (Å²) in [5.41, 5.74) is -1.65. The number of ether oxygens (including phenoxy) is 2. The Labute approximate surface area is 266 Å². The lowest BCUT2D eigenvalue weighted by Crippen LogP contribution is -2.49. The molecular weight excluding hydrogens is 594 g/mol. The van der Waals surface area contributed by atoms with E-state index in [0.717, 1.165) is 17.4 Å². The average molecular weight is 636 g/mol. The molecule has 2 amide bonds. The molecule has 3 aromatic rings. The summed E-state index contributed by atoms with van der Waals surface area (Å²) in [6.45, 7) is 9.53. The number of imidazole rings is 1. The minimum absolute atomic E-state index is 0.112. The van der Waals surface area contributed by atoms with Crippen molar-refractivity contribution in [3.8, 4) is 17.6 Å². The summed E-state index contributed by atoms with van der Waals surface area (Å²) in [6.07, 6.45) is 0.950. The first-order valence-electron chi connectivity index (χ1n) is 15.2. The monoisotopic (exact) mass is 635 g/mol. The number of nitrogens with zero attached hydrogens (tertiary/aromatic N) is 5. The standard InChI is InChI=1S/C32H41N7O7/c1-7-9-17-38-26-27(35-29(38)37-16-12-13-21(18-37)34-30(43)46-32(3,4)5)36(6)31(44)39(28(26)42)19-23(40)22-14-10-11-15-24(22)45-20-25(41)33-8-2/h10-11,14-15,21H,8,12-13,16-20H2,1-6H3,(H,33,41)(H,34,43). The van der Waals surface area contributed by atoms with Gasteiger partial charge in [0.15, 0.2) is 23.6 Å². The van der Waals surface area contributed by atoms with Gasteiger partial charge in [0.2, 0.25) is 5.95 Å². The van der Waals surface area contributed by atoms with Gasteiger partial charge in [-0.1, -0.05) is 18.1 Å². The number of fused-ring (bicyclic) bond motifs is 1. The van der Waals surface area contributed by atoms with Crippen LogP contribution in [0.2, 0.25) is 0 Å². The van der Waals surface area contributed by atoms with Gasteiger partial charge >= 0.3 is 11.8 Å². The molecule has 1 unspecified atom stereocenters. The third kappa shape index (κ3) is 7.77. The van der Waals surface area contributed by atoms with Gasteiger partial charge in [0, 0.05) is 32.7 Å². The fraction of sp³-hybridized carbons (Fsp3) is 0.500. The van der Waals surface area contributed by atoms with Crippen LogP contribution < -0.4 is 31.5 Å². The molecule has 0 spiro atoms. The molecule has 14 heteroatoms. The number of amides is 2. The quantitative estimate of drug-likeness (QED) is 0.250. The molecule has 2 aromatic heterocycles. The van der Waals surface area contributed by atoms with E-state index < -0.39 is 35.3 Å². The van der Waals surface area contributed by atoms with Gasteiger partial charge in [0.05, 0.1) is 18.7 Å². The number of anilines is 1. The van der Waals surface area contributed by atoms with Gasteiger partial charge < -0.3 is 25.0 Å². The zero-order chi connectivity index (χ0) is 33.6. The van der Waals surface area contributed by atoms with E-state index in [0.29, 0.717) is 25.6 Å². The van der Waals surface area contributed by atoms with Crippen LogP contribution in [0.1, 0.15) is 57.8 Å². The van der Waals surface area contributed by atoms with Gasteiger partial charge in [0.1, 0.15) is 11.4 Å². The number of carbonyl (C=O) groups excluding carboxylic acids is 3. The first-order chi connectivity index (χ1) is 21.8. The number of alkyl carbamates (subject to hydrolysis) is 1. The van der Waals surface area contributed by atoms with Crippen molar-refractivity contribution in [3.63, 3.8) is 0 Å². The zero-order valence-corrected chi connectivity index (χ0v) is 27.1. The lowest BCUT2D eigenvalue weighted by atomic mass is 10.1. The number of hydrogen-bond acceptors (Lipinski definition) is 9. The highest BCUT2D eigenvalue weighted by molar-refractivity contribution is 5.98. The molecule has 0 aliphatic carbocycles. The summed E-state index contributed by atoms with van der Waals surface area (Å²) >= 11 is 0. The predicted molar refractivity (Wildman–Crippen MR) is 172 cm³/mol. The number of rotatable bonds is 10. The molecule has 2 N–H and O–H groups in total. The molecule has 0 saturated carbocycles. The molecule has 46 heavy (non-hydrogen) atoms. The lowest BCUT2D eigenvalue weighted by Gasteiger charge is -2.34. The molecule has 246 valence electrons. The topological polar surface area (TPSA) is 159 Å². The van der Waals surface area contributed by atoms with Crippen LogP contribution in [-0.4, -0.2) is 74.4 Å². The Morgan fingerprint density at radius 2 is 1.87 bits per heavy atom. The maximum Gasteiger partial charge on any atom is 0.407 e. The largest absolute Gasteiger partial charge is 0.483 e. The number of aromatic nitrogens is 4. The van der Waals surface area contributed by atoms with E-state index >= 15 is 0 Å². The SMILES string of the molecule is CC#CCn1c(N2CCCC(NC(=O)OC(C)(C)C)C2)nc2c1c(=O)n(CC(=O)c1ccccc1OCC(=O)NCC)c(=O)n2C. The van der Waals surface area contributed by atoms with Crippen molar-refractivity contribution in [2.45, 2.75) is 72.2 Å². The predicted octanol–water partition coefficient (Wildman–Crippen LogP) is 1.81. The van der Waals surface area contributed by atoms with E-state index in [4.69, 9.17) is 14.5 Å². The fourth-order valence-corrected chi connectivity index (χ4v) is 5.24. The Morgan fingerprint density at radius 1 is 1.13 bits per heavy atom. The van der Waals surface area contributed by atoms with Gasteiger partial charge in [-0.3, -0.25) is 28.1 Å². The average Bonchev–Trinajstić information content (AvgIpc) is 3.39. The maximum absolute atomic E-state index is 14.0. The first kappa shape index (κ1) is 33.8. The Kier molecular flexibility index (Phi) is 10.6. The van der Waals surface area contributed by atoms with Crippen LogP contribution in [-0.2, 0) is 29.7 Å². The Morgan fingerprint density at radius 3 is 2.57 bits per heavy atom. The number of ketones is 1. The normalized spacial score (nSPS) is 14.7. The number of piperidine rings is 1. The second-order valence-corrected chi connectivity index (χ2v) is 11.9. The summed E-state index contributed by atoms with van der Waals surface area (Å²) < 4.78 is 14.8. The van der Waals surface area contributed by atoms with E-state index in [9.17, 15) is 24.0 Å². The summed E-state index contributed by atoms with van der Waals surface area (Å²) in [7, 11) is 1.49. The molecular formula is C32H41N7O7. The highest BCUT2D eigenvalue weighted by atomic mass is 16.6. The molecule has 1 saturated heterocycles. The summed E-state index contributed by atoms with van der Waals surface area (Å²) in [5.74, 6) is 5.52. The lowest BCUT2D eigenvalue weighted by molar-refractivity contribution is -0.123. The first-order valence-corrected chi connectivity index (χ1v) is 15.2. The van der Waals surface area contributed by atoms with Crippen molar-refractivity contribution in [1.82, 2.24) is 29.3 Å². The Balaban J connectivity index is 1.70. The number of nitrogens with one attached hydrogen (secondary N) is 2. The van der Waals surface area contributed by atoms with Crippen molar-refractivity contribution >= 4 is 34.9 Å². The highest BCUT2D eigenvalue weighted by Crippen LogP contribution is 2.24. The van der Waals surface area contributed by atoms with Crippen LogP contribution in [0, 0.1) is 11.8 Å². The Hall–Kier alpha value is -5.06. The van der Waals surface area contributed by atoms with Crippen LogP contribution in [0.25, 0.3) is 11.2 Å². The number of aryl methyl sites for hydroxylation is 1. The highest BCUT2D eigenvalue weighted by Gasteiger charge is 2.29. The van der Waals surface area contributed by atoms with Crippen LogP contribution in [0.3, 0.4) is 0 Å². The zero-order valence-electron chi connectivity index (χ0n) is 27.1. The molecule has 3 heterocycles. The van der Waals surface area contributed by atoms with E-state index in [2.05, 4.69) is 22.5 Å². The van der Waals surface area contributed by atoms with Crippen molar-refractivity contribution < 1.29 is 23.9 Å². The second kappa shape index (κ2) is 14.4. The molecule has 14 nitrogen and oxygen atoms in total. The Bertz CT molecular complexity index is 1800. The molecule has 1 aliphatic heterocycles. The van der Waals surface area contributed by atoms with Gasteiger partial charge in [-0.05, 0) is 59.6 Å². The van der Waals surface area contributed by atoms with Crippen molar-refractivity contribution in [2.24, 2.45) is 7.05 Å². The maximum atomic E-state index is 14.0. The smallest absolute Gasteiger partial charge is 0.407 e. The number of hydrogen-bond donors (Lipinski definition) is 2. The van der Waals surface area contributed by atoms with Crippen LogP contribution in [0.5, 0.6) is 5.75 Å². The third-order valence-electron chi connectivity index (χ3n) is 7.27. The van der Waals surface area contributed by atoms with E-state index in [-0.39, 0.29) is 47.6 Å². The van der Waals surface area contributed by atoms with Crippen molar-refractivity contribution in [2.75, 3.05) is 31.1 Å². The van der Waals surface area contributed by atoms with Crippen LogP contribution in [0.4, 0.5) is 10.7 Å². The van der Waals surface area contributed by atoms with Crippen LogP contribution in [0.15, 0.2) is 33.9 Å². The number of Topliss-reactive ketones (excluding diaryl/α,β-unsaturated/α-hetero) is 1. The van der Waals surface area contributed by atoms with E-state index in [1.807, 2.05) is 4.90 Å². The van der Waals surface area contributed by atoms with Crippen molar-refractivity contribution in [1.29, 1.82) is 0 Å². The molecule has 1 atom stereocenters. The number of likely N-dealkylation sites (N-methyl/N-ethyl adjacent to an activating group) is 1. The van der Waals surface area contributed by atoms with Gasteiger partial charge in [-0.15, -0.1) is 5.92 Å². The second-order valence-electron chi connectivity index (χ2n) is 11.9. The van der Waals surface area contributed by atoms with Gasteiger partial charge in [-0.2, -0.15) is 4.98 Å². The van der Waals surface area contributed by atoms with E-state index in [1.54, 1.807) is 57.4 Å². The number of carbonyl (C=O) groups is 3. The number of benzene rings is 1. The molecule has 0 bridgehead atoms. The van der Waals surface area contributed by atoms with Crippen molar-refractivity contribution in [3.05, 3.63) is 50.7 Å². The fourth-order valence-electron chi connectivity index (χ4n) is 5.24. The summed E-state index contributed by atoms with van der Waals surface area (Å²) in [6, 6.07) is 6.11. The molecule has 1 fully saturated rings. The minimum Gasteiger partial charge on any atom is -0.483 e. The molecule has 0 radical (unpaired) electrons. The van der Waals surface area contributed by atoms with Gasteiger partial charge in [0.25, 0.3) is 11.5 Å². The molecule has 1 aliphatic rings. The van der Waals surface area contributed by atoms with E-state index in [1.165, 1.54) is 17.7 Å². The van der Waals surface area contributed by atoms with Gasteiger partial charge in [-0.25, -0.2) is 9.59 Å². The molecule has 4 rings (SSSR count). The third-order valence-corrected chi connectivity index (χ3v) is 7.27. The number of para-hydroxylation sites is 1. The summed E-state index contributed by atoms with van der Waals surface area (Å²) in [5, 5.41) is 5.54. The molecule has 1 aromatic carbocycles.